The van der Waals surface area contributed by atoms with Crippen LogP contribution in [-0.2, 0) is 10.0 Å². The molecule has 25 heavy (non-hydrogen) atoms. The van der Waals surface area contributed by atoms with Crippen LogP contribution in [0, 0.1) is 0 Å². The lowest BCUT2D eigenvalue weighted by Crippen LogP contribution is -2.29. The van der Waals surface area contributed by atoms with Gasteiger partial charge in [0.05, 0.1) is 29.4 Å². The molecule has 1 aliphatic rings. The van der Waals surface area contributed by atoms with Crippen LogP contribution < -0.4 is 19.5 Å². The molecule has 2 N–H and O–H groups in total. The Morgan fingerprint density at radius 2 is 1.76 bits per heavy atom. The molecule has 0 aliphatic carbocycles. The number of benzene rings is 2. The van der Waals surface area contributed by atoms with Crippen LogP contribution in [0.4, 0.5) is 5.69 Å². The average molecular weight is 362 g/mol. The number of carbonyl (C=O) groups excluding carboxylic acids is 1. The molecule has 0 fully saturated rings. The monoisotopic (exact) mass is 362 g/mol. The first-order chi connectivity index (χ1) is 11.9. The van der Waals surface area contributed by atoms with E-state index in [9.17, 15) is 13.2 Å². The largest absolute Gasteiger partial charge is 0.490 e. The Morgan fingerprint density at radius 3 is 2.48 bits per heavy atom. The summed E-state index contributed by atoms with van der Waals surface area (Å²) in [6, 6.07) is 10.7. The van der Waals surface area contributed by atoms with Gasteiger partial charge in [0.15, 0.2) is 11.5 Å². The highest BCUT2D eigenvalue weighted by atomic mass is 32.2. The second kappa shape index (κ2) is 6.64. The number of nitrogens with zero attached hydrogens (tertiary/aromatic N) is 1. The number of hydrogen-bond acceptors (Lipinski definition) is 5. The fourth-order valence-electron chi connectivity index (χ4n) is 2.55. The Bertz CT molecular complexity index is 911. The number of sulfonamides is 1. The highest BCUT2D eigenvalue weighted by molar-refractivity contribution is 7.92. The third-order valence-corrected chi connectivity index (χ3v) is 5.65. The topological polar surface area (TPSA) is 98.9 Å². The zero-order chi connectivity index (χ0) is 18.0. The summed E-state index contributed by atoms with van der Waals surface area (Å²) in [5.74, 6) is 0.197. The van der Waals surface area contributed by atoms with E-state index in [1.807, 2.05) is 0 Å². The number of carbonyl (C=O) groups is 1. The molecular weight excluding hydrogens is 344 g/mol. The minimum Gasteiger partial charge on any atom is -0.490 e. The summed E-state index contributed by atoms with van der Waals surface area (Å²) in [4.78, 5) is 11.6. The molecule has 1 heterocycles. The van der Waals surface area contributed by atoms with Gasteiger partial charge in [-0.05, 0) is 24.3 Å². The lowest BCUT2D eigenvalue weighted by atomic mass is 10.2. The molecule has 0 radical (unpaired) electrons. The predicted octanol–water partition coefficient (Wildman–Crippen LogP) is 1.77. The van der Waals surface area contributed by atoms with Crippen molar-refractivity contribution >= 4 is 21.6 Å². The Labute approximate surface area is 146 Å². The number of fused-ring (bicyclic) bond motifs is 1. The zero-order valence-corrected chi connectivity index (χ0v) is 14.5. The lowest BCUT2D eigenvalue weighted by Gasteiger charge is -2.22. The van der Waals surface area contributed by atoms with Crippen molar-refractivity contribution in [2.45, 2.75) is 11.3 Å². The Morgan fingerprint density at radius 1 is 1.08 bits per heavy atom. The second-order valence-electron chi connectivity index (χ2n) is 5.51. The molecule has 0 saturated carbocycles. The highest BCUT2D eigenvalue weighted by Crippen LogP contribution is 2.34. The van der Waals surface area contributed by atoms with Crippen LogP contribution in [0.1, 0.15) is 16.8 Å². The number of nitrogens with two attached hydrogens (primary N) is 1. The molecule has 2 aromatic carbocycles. The molecule has 0 aromatic heterocycles. The summed E-state index contributed by atoms with van der Waals surface area (Å²) in [7, 11) is -2.53. The van der Waals surface area contributed by atoms with Gasteiger partial charge in [-0.25, -0.2) is 8.42 Å². The third-order valence-electron chi connectivity index (χ3n) is 3.89. The van der Waals surface area contributed by atoms with Crippen molar-refractivity contribution in [2.75, 3.05) is 24.6 Å². The number of hydrogen-bond donors (Lipinski definition) is 1. The van der Waals surface area contributed by atoms with Crippen LogP contribution in [0.3, 0.4) is 0 Å². The number of primary amides is 1. The molecule has 7 nitrogen and oxygen atoms in total. The van der Waals surface area contributed by atoms with Crippen LogP contribution >= 0.6 is 0 Å². The first-order valence-corrected chi connectivity index (χ1v) is 9.12. The van der Waals surface area contributed by atoms with Crippen molar-refractivity contribution in [3.8, 4) is 11.5 Å². The van der Waals surface area contributed by atoms with Crippen molar-refractivity contribution in [1.82, 2.24) is 0 Å². The highest BCUT2D eigenvalue weighted by Gasteiger charge is 2.26. The minimum atomic E-state index is -3.90. The summed E-state index contributed by atoms with van der Waals surface area (Å²) in [5.41, 5.74) is 5.68. The summed E-state index contributed by atoms with van der Waals surface area (Å²) >= 11 is 0. The Kier molecular flexibility index (Phi) is 4.54. The van der Waals surface area contributed by atoms with Gasteiger partial charge in [0, 0.05) is 19.5 Å². The molecule has 132 valence electrons. The van der Waals surface area contributed by atoms with E-state index in [1.165, 1.54) is 31.3 Å². The fraction of sp³-hybridized carbons (Fsp3) is 0.235. The maximum absolute atomic E-state index is 13.0. The normalized spacial score (nSPS) is 13.8. The number of amides is 1. The molecular formula is C17H18N2O5S. The van der Waals surface area contributed by atoms with Gasteiger partial charge in [0.2, 0.25) is 0 Å². The van der Waals surface area contributed by atoms with Gasteiger partial charge in [-0.2, -0.15) is 0 Å². The van der Waals surface area contributed by atoms with Gasteiger partial charge in [0.25, 0.3) is 15.9 Å². The van der Waals surface area contributed by atoms with E-state index in [-0.39, 0.29) is 16.1 Å². The van der Waals surface area contributed by atoms with Gasteiger partial charge >= 0.3 is 0 Å². The summed E-state index contributed by atoms with van der Waals surface area (Å²) in [6.45, 7) is 0.974. The van der Waals surface area contributed by atoms with Crippen LogP contribution in [0.2, 0.25) is 0 Å². The van der Waals surface area contributed by atoms with Crippen LogP contribution in [-0.4, -0.2) is 34.6 Å². The number of anilines is 1. The smallest absolute Gasteiger partial charge is 0.264 e. The molecule has 2 aromatic rings. The summed E-state index contributed by atoms with van der Waals surface area (Å²) < 4.78 is 38.0. The maximum Gasteiger partial charge on any atom is 0.264 e. The number of ether oxygens (including phenoxy) is 2. The van der Waals surface area contributed by atoms with Crippen LogP contribution in [0.5, 0.6) is 11.5 Å². The van der Waals surface area contributed by atoms with E-state index < -0.39 is 15.9 Å². The predicted molar refractivity (Wildman–Crippen MR) is 92.6 cm³/mol. The molecule has 1 amide bonds. The lowest BCUT2D eigenvalue weighted by molar-refractivity contribution is 0.100. The van der Waals surface area contributed by atoms with E-state index in [2.05, 4.69) is 0 Å². The van der Waals surface area contributed by atoms with Gasteiger partial charge < -0.3 is 15.2 Å². The van der Waals surface area contributed by atoms with Gasteiger partial charge in [0.1, 0.15) is 0 Å². The van der Waals surface area contributed by atoms with Crippen molar-refractivity contribution in [2.24, 2.45) is 5.73 Å². The van der Waals surface area contributed by atoms with Crippen molar-refractivity contribution in [3.63, 3.8) is 0 Å². The van der Waals surface area contributed by atoms with Crippen molar-refractivity contribution < 1.29 is 22.7 Å². The second-order valence-corrected chi connectivity index (χ2v) is 7.48. The molecule has 0 spiro atoms. The van der Waals surface area contributed by atoms with Crippen molar-refractivity contribution in [3.05, 3.63) is 48.0 Å². The fourth-order valence-corrected chi connectivity index (χ4v) is 3.78. The minimum absolute atomic E-state index is 0.0403. The summed E-state index contributed by atoms with van der Waals surface area (Å²) in [6.07, 6.45) is 0.725. The van der Waals surface area contributed by atoms with E-state index in [0.717, 1.165) is 10.7 Å². The molecule has 0 saturated heterocycles. The van der Waals surface area contributed by atoms with E-state index in [1.54, 1.807) is 18.2 Å². The van der Waals surface area contributed by atoms with Gasteiger partial charge in [-0.3, -0.25) is 9.10 Å². The number of rotatable bonds is 4. The number of para-hydroxylation sites is 1. The molecule has 3 rings (SSSR count). The van der Waals surface area contributed by atoms with Crippen LogP contribution in [0.15, 0.2) is 47.4 Å². The van der Waals surface area contributed by atoms with Crippen molar-refractivity contribution in [1.29, 1.82) is 0 Å². The molecule has 8 heteroatoms. The van der Waals surface area contributed by atoms with Crippen LogP contribution in [0.25, 0.3) is 0 Å². The Hall–Kier alpha value is -2.74. The first kappa shape index (κ1) is 17.1. The SMILES string of the molecule is CN(c1ccccc1C(N)=O)S(=O)(=O)c1ccc2c(c1)OCCCO2. The quantitative estimate of drug-likeness (QED) is 0.894. The molecule has 0 unspecified atom stereocenters. The maximum atomic E-state index is 13.0. The Balaban J connectivity index is 2.02. The van der Waals surface area contributed by atoms with E-state index in [4.69, 9.17) is 15.2 Å². The van der Waals surface area contributed by atoms with E-state index in [0.29, 0.717) is 24.7 Å². The third kappa shape index (κ3) is 3.25. The zero-order valence-electron chi connectivity index (χ0n) is 13.6. The van der Waals surface area contributed by atoms with Gasteiger partial charge in [-0.1, -0.05) is 12.1 Å². The summed E-state index contributed by atoms with van der Waals surface area (Å²) in [5, 5.41) is 0. The van der Waals surface area contributed by atoms with E-state index >= 15 is 0 Å². The van der Waals surface area contributed by atoms with Gasteiger partial charge in [-0.15, -0.1) is 0 Å². The average Bonchev–Trinajstić information content (AvgIpc) is 2.85. The molecule has 1 aliphatic heterocycles. The molecule has 0 atom stereocenters. The first-order valence-electron chi connectivity index (χ1n) is 7.68. The molecule has 0 bridgehead atoms. The standard InChI is InChI=1S/C17H18N2O5S/c1-19(14-6-3-2-5-13(14)17(18)20)25(21,22)12-7-8-15-16(11-12)24-10-4-9-23-15/h2-3,5-8,11H,4,9-10H2,1H3,(H2,18,20).